The van der Waals surface area contributed by atoms with Crippen LogP contribution < -0.4 is 5.32 Å². The number of nitrogens with zero attached hydrogens (tertiary/aromatic N) is 2. The monoisotopic (exact) mass is 335 g/mol. The summed E-state index contributed by atoms with van der Waals surface area (Å²) < 4.78 is 2.40. The Bertz CT molecular complexity index is 543. The van der Waals surface area contributed by atoms with Crippen molar-refractivity contribution in [1.29, 1.82) is 0 Å². The molecule has 0 radical (unpaired) electrons. The first-order valence-corrected chi connectivity index (χ1v) is 10.1. The van der Waals surface area contributed by atoms with Crippen molar-refractivity contribution in [3.05, 3.63) is 11.4 Å². The van der Waals surface area contributed by atoms with Crippen LogP contribution in [0.3, 0.4) is 0 Å². The lowest BCUT2D eigenvalue weighted by atomic mass is 9.95. The number of rotatable bonds is 5. The summed E-state index contributed by atoms with van der Waals surface area (Å²) in [5, 5.41) is 4.21. The van der Waals surface area contributed by atoms with Crippen LogP contribution in [-0.2, 0) is 4.79 Å². The first kappa shape index (κ1) is 16.9. The molecule has 3 rings (SSSR count). The maximum atomic E-state index is 12.2. The van der Waals surface area contributed by atoms with Gasteiger partial charge >= 0.3 is 0 Å². The molecule has 1 N–H and O–H groups in total. The van der Waals surface area contributed by atoms with Crippen LogP contribution in [0.5, 0.6) is 0 Å². The Morgan fingerprint density at radius 1 is 1.13 bits per heavy atom. The number of hydrogen-bond acceptors (Lipinski definition) is 3. The van der Waals surface area contributed by atoms with Gasteiger partial charge in [-0.15, -0.1) is 0 Å². The normalized spacial score (nSPS) is 20.1. The topological polar surface area (TPSA) is 46.9 Å². The van der Waals surface area contributed by atoms with Gasteiger partial charge in [0, 0.05) is 17.8 Å². The van der Waals surface area contributed by atoms with E-state index in [9.17, 15) is 4.79 Å². The van der Waals surface area contributed by atoms with Crippen molar-refractivity contribution in [3.8, 4) is 0 Å². The Morgan fingerprint density at radius 3 is 2.48 bits per heavy atom. The lowest BCUT2D eigenvalue weighted by molar-refractivity contribution is -0.119. The maximum Gasteiger partial charge on any atom is 0.230 e. The van der Waals surface area contributed by atoms with Gasteiger partial charge < -0.3 is 9.88 Å². The fourth-order valence-electron chi connectivity index (χ4n) is 3.94. The third-order valence-corrected chi connectivity index (χ3v) is 6.30. The van der Waals surface area contributed by atoms with Crippen LogP contribution >= 0.6 is 11.8 Å². The molecule has 5 heteroatoms. The minimum atomic E-state index is 0.162. The molecule has 0 atom stereocenters. The number of nitrogens with one attached hydrogen (secondary N) is 1. The van der Waals surface area contributed by atoms with E-state index >= 15 is 0 Å². The van der Waals surface area contributed by atoms with E-state index in [-0.39, 0.29) is 5.91 Å². The van der Waals surface area contributed by atoms with Crippen LogP contribution in [0, 0.1) is 13.8 Å². The molecule has 128 valence electrons. The fourth-order valence-corrected chi connectivity index (χ4v) is 4.91. The second-order valence-electron chi connectivity index (χ2n) is 7.06. The quantitative estimate of drug-likeness (QED) is 0.822. The molecule has 0 unspecified atom stereocenters. The molecule has 1 amide bonds. The summed E-state index contributed by atoms with van der Waals surface area (Å²) in [5.41, 5.74) is 2.38. The third kappa shape index (κ3) is 4.11. The summed E-state index contributed by atoms with van der Waals surface area (Å²) in [5.74, 6) is 0.648. The predicted octanol–water partition coefficient (Wildman–Crippen LogP) is 4.16. The Hall–Kier alpha value is -0.970. The molecule has 1 aromatic heterocycles. The largest absolute Gasteiger partial charge is 0.353 e. The molecular weight excluding hydrogens is 306 g/mol. The zero-order valence-electron chi connectivity index (χ0n) is 14.4. The summed E-state index contributed by atoms with van der Waals surface area (Å²) in [6.45, 7) is 4.25. The van der Waals surface area contributed by atoms with Crippen molar-refractivity contribution in [2.24, 2.45) is 0 Å². The number of hydrogen-bond donors (Lipinski definition) is 1. The van der Waals surface area contributed by atoms with E-state index in [1.165, 1.54) is 50.6 Å². The number of aryl methyl sites for hydroxylation is 1. The van der Waals surface area contributed by atoms with E-state index in [1.54, 1.807) is 11.8 Å². The van der Waals surface area contributed by atoms with Crippen molar-refractivity contribution in [3.63, 3.8) is 0 Å². The number of carbonyl (C=O) groups is 1. The summed E-state index contributed by atoms with van der Waals surface area (Å²) in [7, 11) is 0. The molecule has 2 fully saturated rings. The van der Waals surface area contributed by atoms with E-state index in [1.807, 2.05) is 0 Å². The zero-order valence-corrected chi connectivity index (χ0v) is 15.3. The molecule has 0 aromatic carbocycles. The van der Waals surface area contributed by atoms with E-state index in [2.05, 4.69) is 23.7 Å². The van der Waals surface area contributed by atoms with Gasteiger partial charge in [-0.05, 0) is 39.5 Å². The molecule has 0 aliphatic heterocycles. The first-order chi connectivity index (χ1) is 11.1. The highest BCUT2D eigenvalue weighted by Gasteiger charge is 2.23. The highest BCUT2D eigenvalue weighted by Crippen LogP contribution is 2.34. The van der Waals surface area contributed by atoms with Crippen LogP contribution in [0.1, 0.15) is 75.2 Å². The van der Waals surface area contributed by atoms with Gasteiger partial charge in [-0.2, -0.15) is 0 Å². The van der Waals surface area contributed by atoms with Gasteiger partial charge in [-0.1, -0.05) is 43.9 Å². The Labute approximate surface area is 143 Å². The Kier molecular flexibility index (Phi) is 5.67. The van der Waals surface area contributed by atoms with Crippen molar-refractivity contribution in [1.82, 2.24) is 14.9 Å². The molecule has 0 spiro atoms. The number of imidazole rings is 1. The van der Waals surface area contributed by atoms with E-state index in [0.29, 0.717) is 17.8 Å². The molecule has 0 saturated heterocycles. The van der Waals surface area contributed by atoms with Gasteiger partial charge in [0.15, 0.2) is 5.16 Å². The second-order valence-corrected chi connectivity index (χ2v) is 8.01. The van der Waals surface area contributed by atoms with Crippen LogP contribution in [0.15, 0.2) is 5.16 Å². The number of thioether (sulfide) groups is 1. The average Bonchev–Trinajstić information content (AvgIpc) is 3.15. The molecule has 4 nitrogen and oxygen atoms in total. The second kappa shape index (κ2) is 7.73. The number of carbonyl (C=O) groups excluding carboxylic acids is 1. The van der Waals surface area contributed by atoms with Crippen molar-refractivity contribution >= 4 is 17.7 Å². The SMILES string of the molecule is Cc1nc(SCC(=O)NC2CCCC2)n(C2CCCCC2)c1C. The standard InChI is InChI=1S/C18H29N3OS/c1-13-14(2)21(16-10-4-3-5-11-16)18(19-13)23-12-17(22)20-15-8-6-7-9-15/h15-16H,3-12H2,1-2H3,(H,20,22). The van der Waals surface area contributed by atoms with Crippen molar-refractivity contribution < 1.29 is 4.79 Å². The van der Waals surface area contributed by atoms with Crippen LogP contribution in [0.4, 0.5) is 0 Å². The summed E-state index contributed by atoms with van der Waals surface area (Å²) in [4.78, 5) is 16.9. The minimum absolute atomic E-state index is 0.162. The summed E-state index contributed by atoms with van der Waals surface area (Å²) in [6, 6.07) is 0.981. The third-order valence-electron chi connectivity index (χ3n) is 5.35. The molecule has 0 bridgehead atoms. The van der Waals surface area contributed by atoms with Crippen LogP contribution in [-0.4, -0.2) is 27.3 Å². The molecule has 2 aliphatic rings. The smallest absolute Gasteiger partial charge is 0.230 e. The van der Waals surface area contributed by atoms with Gasteiger partial charge in [0.25, 0.3) is 0 Å². The van der Waals surface area contributed by atoms with Crippen LogP contribution in [0.2, 0.25) is 0 Å². The molecule has 1 heterocycles. The van der Waals surface area contributed by atoms with Gasteiger partial charge in [-0.3, -0.25) is 4.79 Å². The number of amides is 1. The summed E-state index contributed by atoms with van der Waals surface area (Å²) in [6.07, 6.45) is 11.3. The molecule has 2 saturated carbocycles. The highest BCUT2D eigenvalue weighted by atomic mass is 32.2. The molecule has 2 aliphatic carbocycles. The van der Waals surface area contributed by atoms with Crippen molar-refractivity contribution in [2.75, 3.05) is 5.75 Å². The van der Waals surface area contributed by atoms with Gasteiger partial charge in [0.05, 0.1) is 11.4 Å². The van der Waals surface area contributed by atoms with Crippen LogP contribution in [0.25, 0.3) is 0 Å². The molecule has 1 aromatic rings. The summed E-state index contributed by atoms with van der Waals surface area (Å²) >= 11 is 1.61. The average molecular weight is 336 g/mol. The van der Waals surface area contributed by atoms with Gasteiger partial charge in [0.1, 0.15) is 0 Å². The van der Waals surface area contributed by atoms with Crippen molar-refractivity contribution in [2.45, 2.75) is 88.9 Å². The lowest BCUT2D eigenvalue weighted by Gasteiger charge is -2.26. The zero-order chi connectivity index (χ0) is 16.2. The Balaban J connectivity index is 1.62. The fraction of sp³-hybridized carbons (Fsp3) is 0.778. The predicted molar refractivity (Wildman–Crippen MR) is 94.9 cm³/mol. The van der Waals surface area contributed by atoms with Gasteiger partial charge in [-0.25, -0.2) is 4.98 Å². The minimum Gasteiger partial charge on any atom is -0.353 e. The highest BCUT2D eigenvalue weighted by molar-refractivity contribution is 7.99. The van der Waals surface area contributed by atoms with E-state index in [0.717, 1.165) is 23.7 Å². The van der Waals surface area contributed by atoms with Gasteiger partial charge in [0.2, 0.25) is 5.91 Å². The maximum absolute atomic E-state index is 12.2. The number of aromatic nitrogens is 2. The molecule has 23 heavy (non-hydrogen) atoms. The lowest BCUT2D eigenvalue weighted by Crippen LogP contribution is -2.33. The van der Waals surface area contributed by atoms with E-state index in [4.69, 9.17) is 4.98 Å². The first-order valence-electron chi connectivity index (χ1n) is 9.12. The Morgan fingerprint density at radius 2 is 1.78 bits per heavy atom. The molecular formula is C18H29N3OS. The van der Waals surface area contributed by atoms with E-state index < -0.39 is 0 Å².